The number of aryl methyl sites for hydroxylation is 1. The Labute approximate surface area is 171 Å². The maximum absolute atomic E-state index is 12.3. The monoisotopic (exact) mass is 404 g/mol. The van der Waals surface area contributed by atoms with Crippen LogP contribution in [0.3, 0.4) is 0 Å². The van der Waals surface area contributed by atoms with E-state index in [9.17, 15) is 4.79 Å². The lowest BCUT2D eigenvalue weighted by Gasteiger charge is -2.29. The summed E-state index contributed by atoms with van der Waals surface area (Å²) in [5, 5.41) is 4.14. The molecular weight excluding hydrogens is 379 g/mol. The van der Waals surface area contributed by atoms with Gasteiger partial charge in [-0.1, -0.05) is 41.4 Å². The summed E-state index contributed by atoms with van der Waals surface area (Å²) >= 11 is 12.0. The lowest BCUT2D eigenvalue weighted by molar-refractivity contribution is -0.121. The molecule has 2 aromatic carbocycles. The Kier molecular flexibility index (Phi) is 7.03. The summed E-state index contributed by atoms with van der Waals surface area (Å²) in [6.45, 7) is 4.30. The predicted octanol–water partition coefficient (Wildman–Crippen LogP) is 5.79. The van der Waals surface area contributed by atoms with Crippen LogP contribution in [0, 0.1) is 0 Å². The van der Waals surface area contributed by atoms with Crippen molar-refractivity contribution in [2.24, 2.45) is 0 Å². The number of nitrogens with zero attached hydrogens (tertiary/aromatic N) is 1. The number of hydrogen-bond acceptors (Lipinski definition) is 2. The Morgan fingerprint density at radius 1 is 1.04 bits per heavy atom. The fourth-order valence-corrected chi connectivity index (χ4v) is 3.80. The molecule has 1 heterocycles. The van der Waals surface area contributed by atoms with E-state index < -0.39 is 0 Å². The number of benzene rings is 2. The molecule has 0 aromatic heterocycles. The normalized spacial score (nSPS) is 15.4. The largest absolute Gasteiger partial charge is 0.372 e. The van der Waals surface area contributed by atoms with Crippen molar-refractivity contribution in [1.82, 2.24) is 5.32 Å². The second kappa shape index (κ2) is 9.48. The van der Waals surface area contributed by atoms with E-state index in [1.165, 1.54) is 24.9 Å². The fourth-order valence-electron chi connectivity index (χ4n) is 3.48. The Bertz CT molecular complexity index is 770. The molecule has 1 N–H and O–H groups in total. The van der Waals surface area contributed by atoms with Crippen molar-refractivity contribution in [3.05, 3.63) is 63.6 Å². The van der Waals surface area contributed by atoms with Gasteiger partial charge >= 0.3 is 0 Å². The first-order valence-electron chi connectivity index (χ1n) is 9.61. The van der Waals surface area contributed by atoms with Crippen LogP contribution in [0.25, 0.3) is 0 Å². The van der Waals surface area contributed by atoms with Gasteiger partial charge in [0.15, 0.2) is 0 Å². The van der Waals surface area contributed by atoms with Crippen LogP contribution in [0.4, 0.5) is 5.69 Å². The summed E-state index contributed by atoms with van der Waals surface area (Å²) < 4.78 is 0. The third-order valence-electron chi connectivity index (χ3n) is 5.12. The minimum atomic E-state index is -0.0123. The number of halogens is 2. The van der Waals surface area contributed by atoms with E-state index >= 15 is 0 Å². The first-order chi connectivity index (χ1) is 13.0. The van der Waals surface area contributed by atoms with Crippen LogP contribution in [0.5, 0.6) is 0 Å². The first kappa shape index (κ1) is 20.0. The summed E-state index contributed by atoms with van der Waals surface area (Å²) in [5.74, 6) is 0.0358. The number of anilines is 1. The predicted molar refractivity (Wildman–Crippen MR) is 114 cm³/mol. The molecule has 0 saturated carbocycles. The lowest BCUT2D eigenvalue weighted by atomic mass is 10.1. The third-order valence-corrected chi connectivity index (χ3v) is 5.86. The molecular formula is C22H26Cl2N2O. The molecule has 0 spiro atoms. The smallest absolute Gasteiger partial charge is 0.220 e. The SMILES string of the molecule is C[C@@H](NC(=O)CCc1ccc(Cl)c(Cl)c1)c1ccc(N2CCCCC2)cc1. The van der Waals surface area contributed by atoms with E-state index in [1.54, 1.807) is 6.07 Å². The summed E-state index contributed by atoms with van der Waals surface area (Å²) in [7, 11) is 0. The minimum Gasteiger partial charge on any atom is -0.372 e. The zero-order valence-corrected chi connectivity index (χ0v) is 17.2. The molecule has 1 amide bonds. The van der Waals surface area contributed by atoms with Crippen LogP contribution in [0.2, 0.25) is 10.0 Å². The van der Waals surface area contributed by atoms with Crippen LogP contribution < -0.4 is 10.2 Å². The molecule has 2 aromatic rings. The summed E-state index contributed by atoms with van der Waals surface area (Å²) in [4.78, 5) is 14.7. The van der Waals surface area contributed by atoms with Gasteiger partial charge in [0.25, 0.3) is 0 Å². The molecule has 3 rings (SSSR count). The summed E-state index contributed by atoms with van der Waals surface area (Å²) in [5.41, 5.74) is 3.41. The highest BCUT2D eigenvalue weighted by molar-refractivity contribution is 6.42. The molecule has 1 fully saturated rings. The number of hydrogen-bond donors (Lipinski definition) is 1. The number of amides is 1. The minimum absolute atomic E-state index is 0.0123. The highest BCUT2D eigenvalue weighted by Crippen LogP contribution is 2.24. The van der Waals surface area contributed by atoms with Gasteiger partial charge in [-0.3, -0.25) is 4.79 Å². The van der Waals surface area contributed by atoms with Crippen LogP contribution >= 0.6 is 23.2 Å². The first-order valence-corrected chi connectivity index (χ1v) is 10.4. The number of rotatable bonds is 6. The third kappa shape index (κ3) is 5.63. The van der Waals surface area contributed by atoms with Crippen molar-refractivity contribution in [3.63, 3.8) is 0 Å². The average Bonchev–Trinajstić information content (AvgIpc) is 2.69. The molecule has 3 nitrogen and oxygen atoms in total. The van der Waals surface area contributed by atoms with E-state index in [0.717, 1.165) is 24.2 Å². The molecule has 5 heteroatoms. The molecule has 27 heavy (non-hydrogen) atoms. The lowest BCUT2D eigenvalue weighted by Crippen LogP contribution is -2.29. The molecule has 1 saturated heterocycles. The molecule has 0 bridgehead atoms. The second-order valence-electron chi connectivity index (χ2n) is 7.18. The Balaban J connectivity index is 1.50. The molecule has 0 aliphatic carbocycles. The van der Waals surface area contributed by atoms with Crippen molar-refractivity contribution in [1.29, 1.82) is 0 Å². The highest BCUT2D eigenvalue weighted by Gasteiger charge is 2.13. The standard InChI is InChI=1S/C22H26Cl2N2O/c1-16(18-7-9-19(10-8-18)26-13-3-2-4-14-26)25-22(27)12-6-17-5-11-20(23)21(24)15-17/h5,7-11,15-16H,2-4,6,12-14H2,1H3,(H,25,27)/t16-/m1/s1. The van der Waals surface area contributed by atoms with E-state index in [4.69, 9.17) is 23.2 Å². The molecule has 1 aliphatic heterocycles. The van der Waals surface area contributed by atoms with E-state index in [1.807, 2.05) is 19.1 Å². The van der Waals surface area contributed by atoms with Crippen molar-refractivity contribution in [3.8, 4) is 0 Å². The fraction of sp³-hybridized carbons (Fsp3) is 0.409. The van der Waals surface area contributed by atoms with Crippen LogP contribution in [-0.2, 0) is 11.2 Å². The van der Waals surface area contributed by atoms with Crippen molar-refractivity contribution < 1.29 is 4.79 Å². The molecule has 0 radical (unpaired) electrons. The van der Waals surface area contributed by atoms with Crippen molar-refractivity contribution in [2.45, 2.75) is 45.1 Å². The van der Waals surface area contributed by atoms with Crippen LogP contribution in [-0.4, -0.2) is 19.0 Å². The number of carbonyl (C=O) groups excluding carboxylic acids is 1. The Morgan fingerprint density at radius 3 is 2.41 bits per heavy atom. The molecule has 1 atom stereocenters. The van der Waals surface area contributed by atoms with Gasteiger partial charge in [0.2, 0.25) is 5.91 Å². The quantitative estimate of drug-likeness (QED) is 0.659. The van der Waals surface area contributed by atoms with Crippen molar-refractivity contribution >= 4 is 34.8 Å². The number of carbonyl (C=O) groups is 1. The van der Waals surface area contributed by atoms with Gasteiger partial charge in [-0.2, -0.15) is 0 Å². The van der Waals surface area contributed by atoms with Crippen LogP contribution in [0.1, 0.15) is 49.8 Å². The Hall–Kier alpha value is -1.71. The van der Waals surface area contributed by atoms with E-state index in [-0.39, 0.29) is 11.9 Å². The van der Waals surface area contributed by atoms with E-state index in [0.29, 0.717) is 22.9 Å². The zero-order chi connectivity index (χ0) is 19.2. The van der Waals surface area contributed by atoms with E-state index in [2.05, 4.69) is 34.5 Å². The van der Waals surface area contributed by atoms with Crippen LogP contribution in [0.15, 0.2) is 42.5 Å². The van der Waals surface area contributed by atoms with Gasteiger partial charge in [-0.15, -0.1) is 0 Å². The molecule has 0 unspecified atom stereocenters. The maximum Gasteiger partial charge on any atom is 0.220 e. The maximum atomic E-state index is 12.3. The Morgan fingerprint density at radius 2 is 1.74 bits per heavy atom. The number of piperidine rings is 1. The summed E-state index contributed by atoms with van der Waals surface area (Å²) in [6, 6.07) is 14.1. The highest BCUT2D eigenvalue weighted by atomic mass is 35.5. The second-order valence-corrected chi connectivity index (χ2v) is 7.99. The topological polar surface area (TPSA) is 32.3 Å². The van der Waals surface area contributed by atoms with Gasteiger partial charge in [0, 0.05) is 25.2 Å². The van der Waals surface area contributed by atoms with Gasteiger partial charge in [0.05, 0.1) is 16.1 Å². The number of nitrogens with one attached hydrogen (secondary N) is 1. The van der Waals surface area contributed by atoms with Crippen molar-refractivity contribution in [2.75, 3.05) is 18.0 Å². The zero-order valence-electron chi connectivity index (χ0n) is 15.7. The average molecular weight is 405 g/mol. The van der Waals surface area contributed by atoms with Gasteiger partial charge in [-0.05, 0) is 68.0 Å². The van der Waals surface area contributed by atoms with Gasteiger partial charge in [0.1, 0.15) is 0 Å². The molecule has 144 valence electrons. The summed E-state index contributed by atoms with van der Waals surface area (Å²) in [6.07, 6.45) is 4.94. The van der Waals surface area contributed by atoms with Gasteiger partial charge < -0.3 is 10.2 Å². The van der Waals surface area contributed by atoms with Gasteiger partial charge in [-0.25, -0.2) is 0 Å². The molecule has 1 aliphatic rings.